The van der Waals surface area contributed by atoms with Crippen LogP contribution in [0.15, 0.2) is 59.6 Å². The molecule has 37 heavy (non-hydrogen) atoms. The number of ether oxygens (including phenoxy) is 2. The normalized spacial score (nSPS) is 20.0. The molecule has 196 valence electrons. The van der Waals surface area contributed by atoms with Crippen LogP contribution in [0.4, 0.5) is 0 Å². The fourth-order valence-corrected chi connectivity index (χ4v) is 7.13. The number of carbonyl (C=O) groups is 1. The molecular formula is C27H32N4O5S. The highest BCUT2D eigenvalue weighted by molar-refractivity contribution is 7.89. The largest absolute Gasteiger partial charge is 0.493 e. The summed E-state index contributed by atoms with van der Waals surface area (Å²) in [6.45, 7) is 3.01. The van der Waals surface area contributed by atoms with Gasteiger partial charge in [-0.2, -0.15) is 4.31 Å². The Balaban J connectivity index is 1.33. The number of pyridine rings is 1. The molecule has 5 rings (SSSR count). The minimum atomic E-state index is -3.74. The zero-order chi connectivity index (χ0) is 26.2. The van der Waals surface area contributed by atoms with Gasteiger partial charge in [0.25, 0.3) is 0 Å². The third kappa shape index (κ3) is 4.54. The van der Waals surface area contributed by atoms with Gasteiger partial charge < -0.3 is 14.4 Å². The molecule has 3 heterocycles. The van der Waals surface area contributed by atoms with Crippen molar-refractivity contribution in [3.05, 3.63) is 60.3 Å². The van der Waals surface area contributed by atoms with Crippen LogP contribution >= 0.6 is 0 Å². The van der Waals surface area contributed by atoms with E-state index in [2.05, 4.69) is 10.3 Å². The lowest BCUT2D eigenvalue weighted by molar-refractivity contribution is -0.132. The molecule has 9 nitrogen and oxygen atoms in total. The van der Waals surface area contributed by atoms with Crippen LogP contribution in [-0.4, -0.2) is 74.1 Å². The summed E-state index contributed by atoms with van der Waals surface area (Å²) in [5, 5.41) is 4.27. The number of para-hydroxylation sites is 1. The SMILES string of the molecule is COc1ccc(CCN2C(=O)[C@H](C)NC23CCN(S(=O)(=O)c2cccc4cccnc24)CC3)cc1OC. The van der Waals surface area contributed by atoms with Crippen LogP contribution in [0, 0.1) is 0 Å². The van der Waals surface area contributed by atoms with E-state index in [4.69, 9.17) is 9.47 Å². The number of aromatic nitrogens is 1. The van der Waals surface area contributed by atoms with E-state index in [0.29, 0.717) is 55.9 Å². The van der Waals surface area contributed by atoms with Gasteiger partial charge >= 0.3 is 0 Å². The van der Waals surface area contributed by atoms with E-state index < -0.39 is 15.7 Å². The van der Waals surface area contributed by atoms with Crippen LogP contribution in [0.2, 0.25) is 0 Å². The van der Waals surface area contributed by atoms with E-state index in [1.807, 2.05) is 42.2 Å². The second-order valence-corrected chi connectivity index (χ2v) is 11.5. The van der Waals surface area contributed by atoms with Crippen LogP contribution in [0.1, 0.15) is 25.3 Å². The van der Waals surface area contributed by atoms with Gasteiger partial charge in [0.05, 0.1) is 31.4 Å². The van der Waals surface area contributed by atoms with Crippen molar-refractivity contribution in [3.8, 4) is 11.5 Å². The smallest absolute Gasteiger partial charge is 0.245 e. The van der Waals surface area contributed by atoms with E-state index in [1.54, 1.807) is 38.6 Å². The molecule has 0 radical (unpaired) electrons. The maximum absolute atomic E-state index is 13.6. The summed E-state index contributed by atoms with van der Waals surface area (Å²) in [7, 11) is -0.538. The molecule has 2 fully saturated rings. The Hall–Kier alpha value is -3.21. The first-order valence-corrected chi connectivity index (χ1v) is 13.9. The maximum Gasteiger partial charge on any atom is 0.245 e. The van der Waals surface area contributed by atoms with Crippen LogP contribution < -0.4 is 14.8 Å². The molecule has 3 aromatic rings. The van der Waals surface area contributed by atoms with Crippen molar-refractivity contribution in [2.45, 2.75) is 42.8 Å². The summed E-state index contributed by atoms with van der Waals surface area (Å²) in [4.78, 5) is 19.6. The minimum absolute atomic E-state index is 0.0371. The Kier molecular flexibility index (Phi) is 6.82. The summed E-state index contributed by atoms with van der Waals surface area (Å²) < 4.78 is 39.5. The molecule has 2 aliphatic rings. The number of nitrogens with zero attached hydrogens (tertiary/aromatic N) is 3. The van der Waals surface area contributed by atoms with E-state index in [0.717, 1.165) is 10.9 Å². The number of nitrogens with one attached hydrogen (secondary N) is 1. The highest BCUT2D eigenvalue weighted by Gasteiger charge is 2.51. The van der Waals surface area contributed by atoms with Gasteiger partial charge in [-0.1, -0.05) is 24.3 Å². The lowest BCUT2D eigenvalue weighted by atomic mass is 9.96. The molecule has 0 bridgehead atoms. The van der Waals surface area contributed by atoms with Crippen LogP contribution in [-0.2, 0) is 21.2 Å². The number of sulfonamides is 1. The zero-order valence-corrected chi connectivity index (χ0v) is 22.1. The summed E-state index contributed by atoms with van der Waals surface area (Å²) in [6, 6.07) is 14.3. The molecule has 2 aromatic carbocycles. The van der Waals surface area contributed by atoms with Crippen molar-refractivity contribution in [1.29, 1.82) is 0 Å². The van der Waals surface area contributed by atoms with E-state index >= 15 is 0 Å². The molecule has 10 heteroatoms. The molecule has 1 spiro atoms. The fraction of sp³-hybridized carbons (Fsp3) is 0.407. The highest BCUT2D eigenvalue weighted by Crippen LogP contribution is 2.36. The van der Waals surface area contributed by atoms with Gasteiger partial charge in [0.1, 0.15) is 4.90 Å². The Morgan fingerprint density at radius 2 is 1.78 bits per heavy atom. The van der Waals surface area contributed by atoms with Gasteiger partial charge in [0.15, 0.2) is 11.5 Å². The molecular weight excluding hydrogens is 492 g/mol. The number of hydrogen-bond acceptors (Lipinski definition) is 7. The first-order valence-electron chi connectivity index (χ1n) is 12.4. The first kappa shape index (κ1) is 25.4. The van der Waals surface area contributed by atoms with Gasteiger partial charge in [-0.25, -0.2) is 8.42 Å². The Morgan fingerprint density at radius 3 is 2.51 bits per heavy atom. The molecule has 2 saturated heterocycles. The average molecular weight is 525 g/mol. The first-order chi connectivity index (χ1) is 17.8. The van der Waals surface area contributed by atoms with Gasteiger partial charge in [0, 0.05) is 31.2 Å². The quantitative estimate of drug-likeness (QED) is 0.507. The average Bonchev–Trinajstić information content (AvgIpc) is 3.14. The monoisotopic (exact) mass is 524 g/mol. The van der Waals surface area contributed by atoms with E-state index in [-0.39, 0.29) is 16.8 Å². The standard InChI is InChI=1S/C27H32N4O5S/c1-19-26(32)31(15-11-20-9-10-22(35-2)23(18-20)36-3)27(29-19)12-16-30(17-13-27)37(33,34)24-8-4-6-21-7-5-14-28-25(21)24/h4-10,14,18-19,29H,11-13,15-17H2,1-3H3/t19-/m0/s1. The van der Waals surface area contributed by atoms with Crippen molar-refractivity contribution >= 4 is 26.8 Å². The summed E-state index contributed by atoms with van der Waals surface area (Å²) in [5.74, 6) is 1.34. The van der Waals surface area contributed by atoms with E-state index in [9.17, 15) is 13.2 Å². The van der Waals surface area contributed by atoms with Crippen molar-refractivity contribution in [3.63, 3.8) is 0 Å². The van der Waals surface area contributed by atoms with Gasteiger partial charge in [0.2, 0.25) is 15.9 Å². The predicted molar refractivity (Wildman–Crippen MR) is 140 cm³/mol. The molecule has 0 unspecified atom stereocenters. The lowest BCUT2D eigenvalue weighted by Crippen LogP contribution is -2.59. The molecule has 2 aliphatic heterocycles. The van der Waals surface area contributed by atoms with Crippen LogP contribution in [0.5, 0.6) is 11.5 Å². The van der Waals surface area contributed by atoms with Crippen LogP contribution in [0.3, 0.4) is 0 Å². The number of methoxy groups -OCH3 is 2. The Morgan fingerprint density at radius 1 is 1.05 bits per heavy atom. The summed E-state index contributed by atoms with van der Waals surface area (Å²) in [5.41, 5.74) is 0.934. The van der Waals surface area contributed by atoms with Crippen molar-refractivity contribution in [2.24, 2.45) is 0 Å². The third-order valence-corrected chi connectivity index (χ3v) is 9.40. The van der Waals surface area contributed by atoms with Crippen molar-refractivity contribution in [1.82, 2.24) is 19.5 Å². The fourth-order valence-electron chi connectivity index (χ4n) is 5.52. The van der Waals surface area contributed by atoms with Gasteiger partial charge in [-0.05, 0) is 56.0 Å². The summed E-state index contributed by atoms with van der Waals surface area (Å²) in [6.07, 6.45) is 3.27. The molecule has 1 N–H and O–H groups in total. The number of rotatable bonds is 7. The van der Waals surface area contributed by atoms with Crippen LogP contribution in [0.25, 0.3) is 10.9 Å². The topological polar surface area (TPSA) is 101 Å². The second kappa shape index (κ2) is 9.92. The molecule has 1 atom stereocenters. The minimum Gasteiger partial charge on any atom is -0.493 e. The molecule has 1 amide bonds. The van der Waals surface area contributed by atoms with E-state index in [1.165, 1.54) is 4.31 Å². The Bertz CT molecular complexity index is 1410. The van der Waals surface area contributed by atoms with Gasteiger partial charge in [-0.3, -0.25) is 15.1 Å². The zero-order valence-electron chi connectivity index (χ0n) is 21.3. The lowest BCUT2D eigenvalue weighted by Gasteiger charge is -2.44. The number of carbonyl (C=O) groups excluding carboxylic acids is 1. The third-order valence-electron chi connectivity index (χ3n) is 7.47. The molecule has 1 aromatic heterocycles. The van der Waals surface area contributed by atoms with Crippen molar-refractivity contribution < 1.29 is 22.7 Å². The number of amides is 1. The van der Waals surface area contributed by atoms with Gasteiger partial charge in [-0.15, -0.1) is 0 Å². The molecule has 0 saturated carbocycles. The predicted octanol–water partition coefficient (Wildman–Crippen LogP) is 2.80. The Labute approximate surface area is 217 Å². The summed E-state index contributed by atoms with van der Waals surface area (Å²) >= 11 is 0. The number of hydrogen-bond donors (Lipinski definition) is 1. The highest BCUT2D eigenvalue weighted by atomic mass is 32.2. The number of fused-ring (bicyclic) bond motifs is 1. The number of benzene rings is 2. The van der Waals surface area contributed by atoms with Crippen molar-refractivity contribution in [2.75, 3.05) is 33.9 Å². The number of piperidine rings is 1. The second-order valence-electron chi connectivity index (χ2n) is 9.56. The maximum atomic E-state index is 13.6. The molecule has 0 aliphatic carbocycles.